The molecule has 0 spiro atoms. The molecule has 0 unspecified atom stereocenters. The second kappa shape index (κ2) is 7.80. The summed E-state index contributed by atoms with van der Waals surface area (Å²) in [4.78, 5) is 19.3. The van der Waals surface area contributed by atoms with Gasteiger partial charge in [0.2, 0.25) is 5.91 Å². The summed E-state index contributed by atoms with van der Waals surface area (Å²) in [7, 11) is 1.62. The molecular formula is C21H24N4O2. The second-order valence-corrected chi connectivity index (χ2v) is 6.93. The summed E-state index contributed by atoms with van der Waals surface area (Å²) in [5.74, 6) is 0.740. The zero-order chi connectivity index (χ0) is 18.6. The van der Waals surface area contributed by atoms with Crippen LogP contribution in [0.3, 0.4) is 0 Å². The molecule has 1 aromatic heterocycles. The fourth-order valence-corrected chi connectivity index (χ4v) is 3.78. The summed E-state index contributed by atoms with van der Waals surface area (Å²) in [6, 6.07) is 15.9. The first-order valence-electron chi connectivity index (χ1n) is 9.31. The van der Waals surface area contributed by atoms with E-state index in [1.807, 2.05) is 48.8 Å². The van der Waals surface area contributed by atoms with Gasteiger partial charge in [-0.2, -0.15) is 0 Å². The van der Waals surface area contributed by atoms with Gasteiger partial charge in [-0.05, 0) is 43.7 Å². The van der Waals surface area contributed by atoms with Gasteiger partial charge in [-0.15, -0.1) is 0 Å². The summed E-state index contributed by atoms with van der Waals surface area (Å²) in [6.07, 6.45) is 4.11. The fraction of sp³-hybridized carbons (Fsp3) is 0.333. The Hall–Kier alpha value is -2.86. The van der Waals surface area contributed by atoms with Crippen LogP contribution in [0.4, 0.5) is 5.69 Å². The van der Waals surface area contributed by atoms with Gasteiger partial charge in [0.25, 0.3) is 0 Å². The monoisotopic (exact) mass is 364 g/mol. The Labute approximate surface area is 158 Å². The third-order valence-electron chi connectivity index (χ3n) is 5.13. The second-order valence-electron chi connectivity index (χ2n) is 6.93. The standard InChI is InChI=1S/C21H24N4O2/c1-27-18-8-4-6-16(12-18)23-21(26)14-24-11-5-7-17(24)13-25-15-22-19-9-2-3-10-20(19)25/h2-4,6,8-10,12,15,17H,5,7,11,13-14H2,1H3,(H,23,26)/t17-/m1/s1. The number of carbonyl (C=O) groups excluding carboxylic acids is 1. The highest BCUT2D eigenvalue weighted by molar-refractivity contribution is 5.92. The van der Waals surface area contributed by atoms with Crippen LogP contribution in [0.15, 0.2) is 54.9 Å². The molecule has 0 saturated carbocycles. The number of carbonyl (C=O) groups is 1. The zero-order valence-corrected chi connectivity index (χ0v) is 15.5. The normalized spacial score (nSPS) is 17.3. The molecule has 1 amide bonds. The number of fused-ring (bicyclic) bond motifs is 1. The number of likely N-dealkylation sites (tertiary alicyclic amines) is 1. The lowest BCUT2D eigenvalue weighted by Gasteiger charge is -2.24. The van der Waals surface area contributed by atoms with Crippen LogP contribution >= 0.6 is 0 Å². The lowest BCUT2D eigenvalue weighted by molar-refractivity contribution is -0.117. The molecule has 6 nitrogen and oxygen atoms in total. The molecule has 0 aliphatic carbocycles. The zero-order valence-electron chi connectivity index (χ0n) is 15.5. The number of imidazole rings is 1. The first kappa shape index (κ1) is 17.5. The summed E-state index contributed by atoms with van der Waals surface area (Å²) >= 11 is 0. The van der Waals surface area contributed by atoms with Gasteiger partial charge in [-0.1, -0.05) is 18.2 Å². The molecule has 1 saturated heterocycles. The number of aromatic nitrogens is 2. The predicted molar refractivity (Wildman–Crippen MR) is 106 cm³/mol. The Bertz CT molecular complexity index is 937. The molecule has 1 N–H and O–H groups in total. The van der Waals surface area contributed by atoms with Crippen molar-refractivity contribution in [3.8, 4) is 5.75 Å². The molecule has 1 aliphatic heterocycles. The number of ether oxygens (including phenoxy) is 1. The largest absolute Gasteiger partial charge is 0.497 e. The molecule has 1 aliphatic rings. The van der Waals surface area contributed by atoms with Crippen molar-refractivity contribution in [2.24, 2.45) is 0 Å². The number of methoxy groups -OCH3 is 1. The van der Waals surface area contributed by atoms with Crippen LogP contribution in [-0.4, -0.2) is 46.6 Å². The maximum atomic E-state index is 12.5. The van der Waals surface area contributed by atoms with Crippen LogP contribution < -0.4 is 10.1 Å². The van der Waals surface area contributed by atoms with Gasteiger partial charge in [0, 0.05) is 24.3 Å². The number of nitrogens with zero attached hydrogens (tertiary/aromatic N) is 3. The quantitative estimate of drug-likeness (QED) is 0.730. The number of hydrogen-bond acceptors (Lipinski definition) is 4. The molecule has 0 radical (unpaired) electrons. The maximum absolute atomic E-state index is 12.5. The van der Waals surface area contributed by atoms with E-state index in [-0.39, 0.29) is 5.91 Å². The molecule has 140 valence electrons. The Morgan fingerprint density at radius 2 is 2.15 bits per heavy atom. The van der Waals surface area contributed by atoms with Crippen molar-refractivity contribution < 1.29 is 9.53 Å². The number of para-hydroxylation sites is 2. The highest BCUT2D eigenvalue weighted by Crippen LogP contribution is 2.22. The Morgan fingerprint density at radius 1 is 1.26 bits per heavy atom. The third kappa shape index (κ3) is 3.95. The van der Waals surface area contributed by atoms with Gasteiger partial charge in [0.15, 0.2) is 0 Å². The Balaban J connectivity index is 1.40. The first-order valence-corrected chi connectivity index (χ1v) is 9.31. The van der Waals surface area contributed by atoms with E-state index in [2.05, 4.69) is 25.8 Å². The van der Waals surface area contributed by atoms with Crippen LogP contribution in [0.25, 0.3) is 11.0 Å². The van der Waals surface area contributed by atoms with E-state index in [0.29, 0.717) is 12.6 Å². The molecular weight excluding hydrogens is 340 g/mol. The maximum Gasteiger partial charge on any atom is 0.238 e. The lowest BCUT2D eigenvalue weighted by atomic mass is 10.2. The van der Waals surface area contributed by atoms with Crippen LogP contribution in [-0.2, 0) is 11.3 Å². The first-order chi connectivity index (χ1) is 13.2. The summed E-state index contributed by atoms with van der Waals surface area (Å²) < 4.78 is 7.40. The number of rotatable bonds is 6. The van der Waals surface area contributed by atoms with Crippen molar-refractivity contribution in [1.82, 2.24) is 14.5 Å². The van der Waals surface area contributed by atoms with Gasteiger partial charge in [-0.3, -0.25) is 9.69 Å². The Kier molecular flexibility index (Phi) is 5.07. The van der Waals surface area contributed by atoms with E-state index >= 15 is 0 Å². The molecule has 1 atom stereocenters. The van der Waals surface area contributed by atoms with Crippen molar-refractivity contribution in [1.29, 1.82) is 0 Å². The molecule has 0 bridgehead atoms. The minimum atomic E-state index is 0.00522. The summed E-state index contributed by atoms with van der Waals surface area (Å²) in [5, 5.41) is 2.97. The average Bonchev–Trinajstić information content (AvgIpc) is 3.29. The van der Waals surface area contributed by atoms with Crippen LogP contribution in [0.2, 0.25) is 0 Å². The van der Waals surface area contributed by atoms with Gasteiger partial charge in [-0.25, -0.2) is 4.98 Å². The highest BCUT2D eigenvalue weighted by atomic mass is 16.5. The lowest BCUT2D eigenvalue weighted by Crippen LogP contribution is -2.38. The number of hydrogen-bond donors (Lipinski definition) is 1. The van der Waals surface area contributed by atoms with Crippen LogP contribution in [0.5, 0.6) is 5.75 Å². The molecule has 2 aromatic carbocycles. The molecule has 27 heavy (non-hydrogen) atoms. The van der Waals surface area contributed by atoms with Gasteiger partial charge in [0.05, 0.1) is 31.0 Å². The third-order valence-corrected chi connectivity index (χ3v) is 5.13. The van der Waals surface area contributed by atoms with Crippen LogP contribution in [0.1, 0.15) is 12.8 Å². The van der Waals surface area contributed by atoms with E-state index in [1.54, 1.807) is 7.11 Å². The Morgan fingerprint density at radius 3 is 3.04 bits per heavy atom. The van der Waals surface area contributed by atoms with Crippen molar-refractivity contribution in [3.63, 3.8) is 0 Å². The van der Waals surface area contributed by atoms with Gasteiger partial charge >= 0.3 is 0 Å². The van der Waals surface area contributed by atoms with Crippen molar-refractivity contribution >= 4 is 22.6 Å². The number of benzene rings is 2. The molecule has 4 rings (SSSR count). The number of amides is 1. The topological polar surface area (TPSA) is 59.4 Å². The van der Waals surface area contributed by atoms with E-state index in [4.69, 9.17) is 4.74 Å². The van der Waals surface area contributed by atoms with Crippen molar-refractivity contribution in [2.75, 3.05) is 25.5 Å². The van der Waals surface area contributed by atoms with Crippen LogP contribution in [0, 0.1) is 0 Å². The molecule has 3 aromatic rings. The predicted octanol–water partition coefficient (Wildman–Crippen LogP) is 3.15. The minimum Gasteiger partial charge on any atom is -0.497 e. The smallest absolute Gasteiger partial charge is 0.238 e. The van der Waals surface area contributed by atoms with Gasteiger partial charge < -0.3 is 14.6 Å². The van der Waals surface area contributed by atoms with E-state index in [0.717, 1.165) is 48.4 Å². The van der Waals surface area contributed by atoms with E-state index in [9.17, 15) is 4.79 Å². The SMILES string of the molecule is COc1cccc(NC(=O)CN2CCC[C@@H]2Cn2cnc3ccccc32)c1. The average molecular weight is 364 g/mol. The number of anilines is 1. The summed E-state index contributed by atoms with van der Waals surface area (Å²) in [5.41, 5.74) is 2.92. The molecule has 2 heterocycles. The number of nitrogens with one attached hydrogen (secondary N) is 1. The molecule has 6 heteroatoms. The van der Waals surface area contributed by atoms with E-state index in [1.165, 1.54) is 0 Å². The van der Waals surface area contributed by atoms with Crippen molar-refractivity contribution in [2.45, 2.75) is 25.4 Å². The van der Waals surface area contributed by atoms with Gasteiger partial charge in [0.1, 0.15) is 5.75 Å². The minimum absolute atomic E-state index is 0.00522. The van der Waals surface area contributed by atoms with E-state index < -0.39 is 0 Å². The highest BCUT2D eigenvalue weighted by Gasteiger charge is 2.27. The fourth-order valence-electron chi connectivity index (χ4n) is 3.78. The summed E-state index contributed by atoms with van der Waals surface area (Å²) in [6.45, 7) is 2.20. The molecule has 1 fully saturated rings. The van der Waals surface area contributed by atoms with Crippen molar-refractivity contribution in [3.05, 3.63) is 54.9 Å².